The summed E-state index contributed by atoms with van der Waals surface area (Å²) in [5, 5.41) is 0. The van der Waals surface area contributed by atoms with Gasteiger partial charge < -0.3 is 4.90 Å². The average molecular weight is 387 g/mol. The normalized spacial score (nSPS) is 15.8. The summed E-state index contributed by atoms with van der Waals surface area (Å²) in [7, 11) is 4.42. The monoisotopic (exact) mass is 386 g/mol. The number of hydrogen-bond acceptors (Lipinski definition) is 2. The molecule has 1 aliphatic heterocycles. The fraction of sp³-hybridized carbons (Fsp3) is 0.346. The van der Waals surface area contributed by atoms with Crippen LogP contribution in [0.4, 0.5) is 17.2 Å². The molecule has 3 nitrogen and oxygen atoms in total. The molecule has 0 fully saturated rings. The van der Waals surface area contributed by atoms with Crippen LogP contribution in [0.3, 0.4) is 0 Å². The van der Waals surface area contributed by atoms with Gasteiger partial charge in [-0.1, -0.05) is 30.3 Å². The summed E-state index contributed by atoms with van der Waals surface area (Å²) in [6, 6.07) is 15.6. The smallest absolute Gasteiger partial charge is 0.286 e. The van der Waals surface area contributed by atoms with E-state index in [0.29, 0.717) is 0 Å². The Kier molecular flexibility index (Phi) is 4.65. The van der Waals surface area contributed by atoms with E-state index in [-0.39, 0.29) is 6.17 Å². The third-order valence-corrected chi connectivity index (χ3v) is 6.42. The summed E-state index contributed by atoms with van der Waals surface area (Å²) in [6.45, 7) is 13.4. The number of aryl methyl sites for hydroxylation is 5. The summed E-state index contributed by atoms with van der Waals surface area (Å²) in [4.78, 5) is 4.91. The molecule has 0 amide bonds. The first-order valence-corrected chi connectivity index (χ1v) is 10.4. The number of nitrogens with zero attached hydrogens (tertiary/aromatic N) is 3. The average Bonchev–Trinajstić information content (AvgIpc) is 2.88. The second-order valence-corrected chi connectivity index (χ2v) is 8.62. The van der Waals surface area contributed by atoms with Crippen molar-refractivity contribution in [2.75, 3.05) is 16.8 Å². The van der Waals surface area contributed by atoms with Crippen molar-refractivity contribution in [2.24, 2.45) is 7.05 Å². The highest BCUT2D eigenvalue weighted by molar-refractivity contribution is 5.85. The van der Waals surface area contributed by atoms with Crippen LogP contribution in [0.1, 0.15) is 34.7 Å². The van der Waals surface area contributed by atoms with E-state index < -0.39 is 0 Å². The highest BCUT2D eigenvalue weighted by Crippen LogP contribution is 2.46. The van der Waals surface area contributed by atoms with Gasteiger partial charge >= 0.3 is 0 Å². The van der Waals surface area contributed by atoms with Crippen molar-refractivity contribution >= 4 is 17.2 Å². The molecule has 0 bridgehead atoms. The maximum Gasteiger partial charge on any atom is 0.286 e. The SMILES string of the molecule is Cc1cc(C)c2c(c1)N(C)[C@@H](C)N2c1c(C)cc(C)c(-c2ccccc2C)[n+]1C. The first kappa shape index (κ1) is 19.5. The Labute approximate surface area is 175 Å². The van der Waals surface area contributed by atoms with Gasteiger partial charge in [0.2, 0.25) is 0 Å². The molecule has 0 saturated carbocycles. The summed E-state index contributed by atoms with van der Waals surface area (Å²) in [5.74, 6) is 1.26. The molecule has 0 spiro atoms. The molecule has 2 heterocycles. The minimum Gasteiger partial charge on any atom is -0.333 e. The molecule has 1 aromatic heterocycles. The van der Waals surface area contributed by atoms with E-state index in [1.807, 2.05) is 0 Å². The van der Waals surface area contributed by atoms with Gasteiger partial charge in [-0.05, 0) is 75.9 Å². The van der Waals surface area contributed by atoms with E-state index in [4.69, 9.17) is 0 Å². The zero-order chi connectivity index (χ0) is 21.0. The Morgan fingerprint density at radius 1 is 0.828 bits per heavy atom. The van der Waals surface area contributed by atoms with Crippen LogP contribution < -0.4 is 14.4 Å². The van der Waals surface area contributed by atoms with Crippen molar-refractivity contribution in [3.05, 3.63) is 70.3 Å². The van der Waals surface area contributed by atoms with Crippen LogP contribution in [-0.4, -0.2) is 13.2 Å². The van der Waals surface area contributed by atoms with Gasteiger partial charge in [-0.3, -0.25) is 0 Å². The predicted octanol–water partition coefficient (Wildman–Crippen LogP) is 5.65. The highest BCUT2D eigenvalue weighted by Gasteiger charge is 2.42. The van der Waals surface area contributed by atoms with Crippen LogP contribution in [0.5, 0.6) is 0 Å². The minimum atomic E-state index is 0.253. The van der Waals surface area contributed by atoms with Crippen LogP contribution in [0.15, 0.2) is 42.5 Å². The van der Waals surface area contributed by atoms with E-state index in [1.165, 1.54) is 56.3 Å². The second-order valence-electron chi connectivity index (χ2n) is 8.62. The lowest BCUT2D eigenvalue weighted by Crippen LogP contribution is -2.45. The Morgan fingerprint density at radius 3 is 2.21 bits per heavy atom. The topological polar surface area (TPSA) is 10.4 Å². The van der Waals surface area contributed by atoms with Gasteiger partial charge in [-0.2, -0.15) is 0 Å². The number of benzene rings is 2. The summed E-state index contributed by atoms with van der Waals surface area (Å²) in [6.07, 6.45) is 0.253. The molecule has 0 radical (unpaired) electrons. The second kappa shape index (κ2) is 6.91. The Bertz CT molecular complexity index is 1110. The number of rotatable bonds is 2. The van der Waals surface area contributed by atoms with Crippen LogP contribution in [-0.2, 0) is 7.05 Å². The van der Waals surface area contributed by atoms with Crippen LogP contribution in [0.25, 0.3) is 11.3 Å². The molecule has 2 aromatic carbocycles. The standard InChI is InChI=1S/C26H32N3/c1-16-13-18(3)25-23(14-16)27(7)21(6)29(25)26-20(5)15-19(4)24(28(26)8)22-12-10-9-11-17(22)2/h9-15,21H,1-8H3/q+1/t21-/m1/s1. The third-order valence-electron chi connectivity index (χ3n) is 6.42. The van der Waals surface area contributed by atoms with E-state index in [1.54, 1.807) is 0 Å². The largest absolute Gasteiger partial charge is 0.333 e. The van der Waals surface area contributed by atoms with Crippen molar-refractivity contribution in [2.45, 2.75) is 47.7 Å². The summed E-state index contributed by atoms with van der Waals surface area (Å²) in [5.41, 5.74) is 11.8. The van der Waals surface area contributed by atoms with Crippen molar-refractivity contribution < 1.29 is 4.57 Å². The maximum atomic E-state index is 2.51. The van der Waals surface area contributed by atoms with Gasteiger partial charge in [0.1, 0.15) is 5.69 Å². The quantitative estimate of drug-likeness (QED) is 0.527. The molecular formula is C26H32N3+. The maximum absolute atomic E-state index is 2.51. The van der Waals surface area contributed by atoms with Crippen molar-refractivity contribution in [1.82, 2.24) is 0 Å². The van der Waals surface area contributed by atoms with Crippen molar-refractivity contribution in [3.63, 3.8) is 0 Å². The van der Waals surface area contributed by atoms with Crippen LogP contribution >= 0.6 is 0 Å². The fourth-order valence-corrected chi connectivity index (χ4v) is 5.04. The lowest BCUT2D eigenvalue weighted by molar-refractivity contribution is -0.648. The molecule has 3 aromatic rings. The summed E-state index contributed by atoms with van der Waals surface area (Å²) >= 11 is 0. The fourth-order valence-electron chi connectivity index (χ4n) is 5.04. The first-order chi connectivity index (χ1) is 13.7. The zero-order valence-corrected chi connectivity index (χ0v) is 19.0. The van der Waals surface area contributed by atoms with Gasteiger partial charge in [0.05, 0.1) is 12.7 Å². The first-order valence-electron chi connectivity index (χ1n) is 10.4. The number of hydrogen-bond donors (Lipinski definition) is 0. The van der Waals surface area contributed by atoms with Gasteiger partial charge in [0.25, 0.3) is 5.82 Å². The molecule has 150 valence electrons. The van der Waals surface area contributed by atoms with Crippen LogP contribution in [0, 0.1) is 34.6 Å². The number of aromatic nitrogens is 1. The highest BCUT2D eigenvalue weighted by atomic mass is 15.4. The molecule has 1 atom stereocenters. The lowest BCUT2D eigenvalue weighted by Gasteiger charge is -2.25. The molecule has 29 heavy (non-hydrogen) atoms. The molecule has 3 heteroatoms. The Morgan fingerprint density at radius 2 is 1.52 bits per heavy atom. The van der Waals surface area contributed by atoms with Gasteiger partial charge in [-0.25, -0.2) is 9.47 Å². The minimum absolute atomic E-state index is 0.253. The lowest BCUT2D eigenvalue weighted by atomic mass is 9.99. The predicted molar refractivity (Wildman–Crippen MR) is 123 cm³/mol. The molecule has 1 aliphatic rings. The Hall–Kier alpha value is -2.81. The molecule has 4 rings (SSSR count). The molecular weight excluding hydrogens is 354 g/mol. The van der Waals surface area contributed by atoms with Crippen molar-refractivity contribution in [1.29, 1.82) is 0 Å². The van der Waals surface area contributed by atoms with E-state index >= 15 is 0 Å². The molecule has 0 unspecified atom stereocenters. The molecule has 0 saturated heterocycles. The van der Waals surface area contributed by atoms with Gasteiger partial charge in [-0.15, -0.1) is 0 Å². The molecule has 0 aliphatic carbocycles. The van der Waals surface area contributed by atoms with E-state index in [0.717, 1.165) is 0 Å². The summed E-state index contributed by atoms with van der Waals surface area (Å²) < 4.78 is 2.39. The van der Waals surface area contributed by atoms with Crippen LogP contribution in [0.2, 0.25) is 0 Å². The van der Waals surface area contributed by atoms with Gasteiger partial charge in [0, 0.05) is 18.2 Å². The Balaban J connectivity index is 2.01. The number of fused-ring (bicyclic) bond motifs is 1. The van der Waals surface area contributed by atoms with E-state index in [2.05, 4.69) is 112 Å². The molecule has 0 N–H and O–H groups in total. The third kappa shape index (κ3) is 2.91. The number of pyridine rings is 1. The zero-order valence-electron chi connectivity index (χ0n) is 19.0. The van der Waals surface area contributed by atoms with Crippen molar-refractivity contribution in [3.8, 4) is 11.3 Å². The van der Waals surface area contributed by atoms with E-state index in [9.17, 15) is 0 Å². The number of anilines is 3. The van der Waals surface area contributed by atoms with Gasteiger partial charge in [0.15, 0.2) is 11.9 Å².